The summed E-state index contributed by atoms with van der Waals surface area (Å²) in [6.07, 6.45) is 6.78. The summed E-state index contributed by atoms with van der Waals surface area (Å²) in [5, 5.41) is 10.9. The minimum absolute atomic E-state index is 0.0191. The van der Waals surface area contributed by atoms with Gasteiger partial charge < -0.3 is 10.4 Å². The van der Waals surface area contributed by atoms with Crippen LogP contribution in [-0.4, -0.2) is 23.0 Å². The van der Waals surface area contributed by atoms with Crippen LogP contribution in [0.1, 0.15) is 25.7 Å². The van der Waals surface area contributed by atoms with Crippen LogP contribution in [0, 0.1) is 18.3 Å². The zero-order chi connectivity index (χ0) is 10.6. The highest BCUT2D eigenvalue weighted by atomic mass is 16.4. The van der Waals surface area contributed by atoms with Gasteiger partial charge in [-0.15, -0.1) is 6.42 Å². The SMILES string of the molecule is C#CC(=O)C1CCC(NC(=O)O)CC1. The third-order valence-electron chi connectivity index (χ3n) is 2.57. The second kappa shape index (κ2) is 4.66. The number of hydrogen-bond acceptors (Lipinski definition) is 2. The molecule has 0 unspecified atom stereocenters. The summed E-state index contributed by atoms with van der Waals surface area (Å²) >= 11 is 0. The number of ketones is 1. The van der Waals surface area contributed by atoms with Crippen LogP contribution in [0.15, 0.2) is 0 Å². The lowest BCUT2D eigenvalue weighted by molar-refractivity contribution is -0.118. The van der Waals surface area contributed by atoms with Crippen LogP contribution in [0.2, 0.25) is 0 Å². The van der Waals surface area contributed by atoms with Gasteiger partial charge in [-0.05, 0) is 31.6 Å². The molecule has 1 aliphatic rings. The van der Waals surface area contributed by atoms with Gasteiger partial charge in [0, 0.05) is 12.0 Å². The Morgan fingerprint density at radius 2 is 1.86 bits per heavy atom. The van der Waals surface area contributed by atoms with Gasteiger partial charge in [-0.25, -0.2) is 4.79 Å². The Hall–Kier alpha value is -1.50. The largest absolute Gasteiger partial charge is 0.465 e. The molecule has 1 saturated carbocycles. The van der Waals surface area contributed by atoms with Crippen LogP contribution in [0.5, 0.6) is 0 Å². The first-order chi connectivity index (χ1) is 6.63. The highest BCUT2D eigenvalue weighted by Crippen LogP contribution is 2.24. The number of Topliss-reactive ketones (excluding diaryl/α,β-unsaturated/α-hetero) is 1. The summed E-state index contributed by atoms with van der Waals surface area (Å²) in [6.45, 7) is 0. The Bertz CT molecular complexity index is 272. The number of carbonyl (C=O) groups excluding carboxylic acids is 1. The van der Waals surface area contributed by atoms with Gasteiger partial charge >= 0.3 is 6.09 Å². The fourth-order valence-electron chi connectivity index (χ4n) is 1.79. The second-order valence-corrected chi connectivity index (χ2v) is 3.51. The van der Waals surface area contributed by atoms with Gasteiger partial charge in [-0.3, -0.25) is 4.79 Å². The van der Waals surface area contributed by atoms with Crippen LogP contribution in [0.25, 0.3) is 0 Å². The number of rotatable bonds is 2. The van der Waals surface area contributed by atoms with E-state index >= 15 is 0 Å². The molecule has 1 aliphatic carbocycles. The van der Waals surface area contributed by atoms with E-state index < -0.39 is 6.09 Å². The first-order valence-corrected chi connectivity index (χ1v) is 4.63. The van der Waals surface area contributed by atoms with E-state index in [4.69, 9.17) is 11.5 Å². The quantitative estimate of drug-likeness (QED) is 0.510. The highest BCUT2D eigenvalue weighted by Gasteiger charge is 2.25. The van der Waals surface area contributed by atoms with Crippen molar-refractivity contribution in [1.82, 2.24) is 5.32 Å². The molecule has 0 radical (unpaired) electrons. The molecule has 2 N–H and O–H groups in total. The van der Waals surface area contributed by atoms with Crippen LogP contribution in [0.3, 0.4) is 0 Å². The second-order valence-electron chi connectivity index (χ2n) is 3.51. The van der Waals surface area contributed by atoms with E-state index in [2.05, 4.69) is 11.2 Å². The summed E-state index contributed by atoms with van der Waals surface area (Å²) in [4.78, 5) is 21.5. The maximum Gasteiger partial charge on any atom is 0.404 e. The number of hydrogen-bond donors (Lipinski definition) is 2. The zero-order valence-corrected chi connectivity index (χ0v) is 7.82. The average molecular weight is 195 g/mol. The minimum atomic E-state index is -1.00. The topological polar surface area (TPSA) is 66.4 Å². The molecule has 0 aromatic heterocycles. The molecule has 0 saturated heterocycles. The number of carboxylic acid groups (broad SMARTS) is 1. The lowest BCUT2D eigenvalue weighted by Gasteiger charge is -2.26. The van der Waals surface area contributed by atoms with Gasteiger partial charge in [0.2, 0.25) is 5.78 Å². The summed E-state index contributed by atoms with van der Waals surface area (Å²) in [5.74, 6) is 1.90. The lowest BCUT2D eigenvalue weighted by atomic mass is 9.84. The van der Waals surface area contributed by atoms with E-state index in [0.717, 1.165) is 0 Å². The maximum atomic E-state index is 11.1. The maximum absolute atomic E-state index is 11.1. The standard InChI is InChI=1S/C10H13NO3/c1-2-9(12)7-3-5-8(6-4-7)11-10(13)14/h1,7-8,11H,3-6H2,(H,13,14). The van der Waals surface area contributed by atoms with Crippen LogP contribution in [-0.2, 0) is 4.79 Å². The predicted molar refractivity (Wildman–Crippen MR) is 50.7 cm³/mol. The minimum Gasteiger partial charge on any atom is -0.465 e. The van der Waals surface area contributed by atoms with Gasteiger partial charge in [-0.1, -0.05) is 0 Å². The molecular formula is C10H13NO3. The molecule has 14 heavy (non-hydrogen) atoms. The number of nitrogens with one attached hydrogen (secondary N) is 1. The van der Waals surface area contributed by atoms with E-state index in [9.17, 15) is 9.59 Å². The predicted octanol–water partition coefficient (Wildman–Crippen LogP) is 1.02. The van der Waals surface area contributed by atoms with Crippen molar-refractivity contribution in [2.24, 2.45) is 5.92 Å². The third kappa shape index (κ3) is 2.77. The normalized spacial score (nSPS) is 26.2. The molecule has 0 heterocycles. The summed E-state index contributed by atoms with van der Waals surface area (Å²) in [7, 11) is 0. The lowest BCUT2D eigenvalue weighted by Crippen LogP contribution is -2.37. The third-order valence-corrected chi connectivity index (χ3v) is 2.57. The Labute approximate surface area is 82.7 Å². The number of terminal acetylenes is 1. The van der Waals surface area contributed by atoms with E-state index in [-0.39, 0.29) is 17.7 Å². The van der Waals surface area contributed by atoms with Crippen molar-refractivity contribution in [3.8, 4) is 12.3 Å². The van der Waals surface area contributed by atoms with Crippen molar-refractivity contribution in [3.63, 3.8) is 0 Å². The Morgan fingerprint density at radius 3 is 2.29 bits per heavy atom. The van der Waals surface area contributed by atoms with E-state index in [1.165, 1.54) is 0 Å². The molecular weight excluding hydrogens is 182 g/mol. The van der Waals surface area contributed by atoms with Crippen molar-refractivity contribution in [2.45, 2.75) is 31.7 Å². The van der Waals surface area contributed by atoms with E-state index in [0.29, 0.717) is 25.7 Å². The summed E-state index contributed by atoms with van der Waals surface area (Å²) < 4.78 is 0. The van der Waals surface area contributed by atoms with Crippen molar-refractivity contribution in [3.05, 3.63) is 0 Å². The van der Waals surface area contributed by atoms with Gasteiger partial charge in [0.1, 0.15) is 0 Å². The molecule has 1 fully saturated rings. The van der Waals surface area contributed by atoms with Crippen LogP contribution in [0.4, 0.5) is 4.79 Å². The molecule has 0 atom stereocenters. The van der Waals surface area contributed by atoms with E-state index in [1.54, 1.807) is 0 Å². The molecule has 0 aromatic carbocycles. The summed E-state index contributed by atoms with van der Waals surface area (Å²) in [6, 6.07) is -0.0191. The zero-order valence-electron chi connectivity index (χ0n) is 7.82. The first-order valence-electron chi connectivity index (χ1n) is 4.63. The van der Waals surface area contributed by atoms with Crippen molar-refractivity contribution in [1.29, 1.82) is 0 Å². The van der Waals surface area contributed by atoms with Crippen molar-refractivity contribution >= 4 is 11.9 Å². The Balaban J connectivity index is 2.35. The molecule has 1 amide bonds. The fourth-order valence-corrected chi connectivity index (χ4v) is 1.79. The number of carbonyl (C=O) groups is 2. The van der Waals surface area contributed by atoms with Gasteiger partial charge in [0.25, 0.3) is 0 Å². The number of amides is 1. The fraction of sp³-hybridized carbons (Fsp3) is 0.600. The molecule has 0 bridgehead atoms. The smallest absolute Gasteiger partial charge is 0.404 e. The molecule has 4 heteroatoms. The van der Waals surface area contributed by atoms with Crippen molar-refractivity contribution in [2.75, 3.05) is 0 Å². The summed E-state index contributed by atoms with van der Waals surface area (Å²) in [5.41, 5.74) is 0. The molecule has 0 spiro atoms. The van der Waals surface area contributed by atoms with Crippen LogP contribution >= 0.6 is 0 Å². The van der Waals surface area contributed by atoms with Gasteiger partial charge in [0.05, 0.1) is 0 Å². The highest BCUT2D eigenvalue weighted by molar-refractivity contribution is 5.96. The average Bonchev–Trinajstić information content (AvgIpc) is 2.17. The van der Waals surface area contributed by atoms with Crippen LogP contribution < -0.4 is 5.32 Å². The Morgan fingerprint density at radius 1 is 1.29 bits per heavy atom. The molecule has 4 nitrogen and oxygen atoms in total. The van der Waals surface area contributed by atoms with Gasteiger partial charge in [-0.2, -0.15) is 0 Å². The van der Waals surface area contributed by atoms with E-state index in [1.807, 2.05) is 0 Å². The molecule has 1 rings (SSSR count). The monoisotopic (exact) mass is 195 g/mol. The first kappa shape index (κ1) is 10.6. The Kier molecular flexibility index (Phi) is 3.52. The van der Waals surface area contributed by atoms with Crippen molar-refractivity contribution < 1.29 is 14.7 Å². The van der Waals surface area contributed by atoms with Gasteiger partial charge in [0.15, 0.2) is 0 Å². The molecule has 0 aliphatic heterocycles. The molecule has 0 aromatic rings. The molecule has 76 valence electrons.